The molecule has 0 atom stereocenters. The number of rotatable bonds is 14. The summed E-state index contributed by atoms with van der Waals surface area (Å²) in [6, 6.07) is 0. The van der Waals surface area contributed by atoms with Crippen molar-refractivity contribution < 1.29 is 5.48 Å². The van der Waals surface area contributed by atoms with E-state index in [0.29, 0.717) is 0 Å². The van der Waals surface area contributed by atoms with Crippen molar-refractivity contribution in [2.24, 2.45) is 0 Å². The number of hydrogen-bond acceptors (Lipinski definition) is 1. The molecule has 0 saturated carbocycles. The average molecular weight is 274 g/mol. The minimum absolute atomic E-state index is 0. The molecule has 0 unspecified atom stereocenters. The smallest absolute Gasteiger partial charge is 0.00248 e. The largest absolute Gasteiger partial charge is 0.412 e. The summed E-state index contributed by atoms with van der Waals surface area (Å²) in [7, 11) is 4.33. The van der Waals surface area contributed by atoms with Crippen LogP contribution in [0.3, 0.4) is 0 Å². The van der Waals surface area contributed by atoms with Gasteiger partial charge in [0.2, 0.25) is 0 Å². The number of hydrogen-bond donors (Lipinski definition) is 0. The first-order valence-electron chi connectivity index (χ1n) is 8.42. The molecular formula is C17H39NO. The lowest BCUT2D eigenvalue weighted by molar-refractivity contribution is 0.389. The van der Waals surface area contributed by atoms with Gasteiger partial charge in [-0.25, -0.2) is 0 Å². The Kier molecular flexibility index (Phi) is 20.0. The van der Waals surface area contributed by atoms with Gasteiger partial charge in [0.25, 0.3) is 0 Å². The van der Waals surface area contributed by atoms with Crippen molar-refractivity contribution in [2.75, 3.05) is 20.6 Å². The summed E-state index contributed by atoms with van der Waals surface area (Å²) in [6.07, 6.45) is 18.8. The van der Waals surface area contributed by atoms with Crippen molar-refractivity contribution in [2.45, 2.75) is 90.4 Å². The van der Waals surface area contributed by atoms with E-state index in [1.54, 1.807) is 0 Å². The van der Waals surface area contributed by atoms with E-state index in [4.69, 9.17) is 0 Å². The maximum Gasteiger partial charge on any atom is -0.00248 e. The minimum Gasteiger partial charge on any atom is -0.412 e. The third-order valence-corrected chi connectivity index (χ3v) is 3.71. The third-order valence-electron chi connectivity index (χ3n) is 3.71. The van der Waals surface area contributed by atoms with Crippen LogP contribution < -0.4 is 0 Å². The standard InChI is InChI=1S/C17H37N.H2O/c1-4-5-6-7-8-9-10-11-12-13-14-15-16-17-18(2)3;/h4-17H2,1-3H3;1H2. The maximum atomic E-state index is 2.29. The Morgan fingerprint density at radius 1 is 0.526 bits per heavy atom. The molecule has 0 aromatic carbocycles. The Morgan fingerprint density at radius 2 is 0.842 bits per heavy atom. The quantitative estimate of drug-likeness (QED) is 0.418. The molecular weight excluding hydrogens is 234 g/mol. The molecule has 2 nitrogen and oxygen atoms in total. The summed E-state index contributed by atoms with van der Waals surface area (Å²) in [5.74, 6) is 0. The molecule has 2 N–H and O–H groups in total. The summed E-state index contributed by atoms with van der Waals surface area (Å²) in [6.45, 7) is 3.55. The highest BCUT2D eigenvalue weighted by molar-refractivity contribution is 4.50. The molecule has 0 radical (unpaired) electrons. The van der Waals surface area contributed by atoms with Crippen LogP contribution in [-0.4, -0.2) is 31.0 Å². The maximum absolute atomic E-state index is 2.29. The van der Waals surface area contributed by atoms with Gasteiger partial charge >= 0.3 is 0 Å². The Balaban J connectivity index is 0. The summed E-state index contributed by atoms with van der Waals surface area (Å²) in [5, 5.41) is 0. The fraction of sp³-hybridized carbons (Fsp3) is 1.00. The highest BCUT2D eigenvalue weighted by Gasteiger charge is 1.94. The van der Waals surface area contributed by atoms with Gasteiger partial charge in [0.05, 0.1) is 0 Å². The lowest BCUT2D eigenvalue weighted by atomic mass is 10.0. The SMILES string of the molecule is CCCCCCCCCCCCCCCN(C)C.O. The first-order chi connectivity index (χ1) is 8.77. The van der Waals surface area contributed by atoms with Crippen LogP contribution in [0.2, 0.25) is 0 Å². The Bertz CT molecular complexity index is 148. The van der Waals surface area contributed by atoms with Crippen LogP contribution in [0.5, 0.6) is 0 Å². The van der Waals surface area contributed by atoms with Gasteiger partial charge in [-0.3, -0.25) is 0 Å². The molecule has 0 aromatic rings. The molecule has 0 saturated heterocycles. The van der Waals surface area contributed by atoms with Crippen LogP contribution in [0.4, 0.5) is 0 Å². The molecule has 0 aliphatic rings. The van der Waals surface area contributed by atoms with Crippen molar-refractivity contribution in [1.82, 2.24) is 4.90 Å². The predicted molar refractivity (Wildman–Crippen MR) is 87.9 cm³/mol. The Labute approximate surface area is 122 Å². The van der Waals surface area contributed by atoms with Gasteiger partial charge in [-0.15, -0.1) is 0 Å². The molecule has 0 heterocycles. The lowest BCUT2D eigenvalue weighted by Crippen LogP contribution is -2.12. The zero-order valence-corrected chi connectivity index (χ0v) is 13.8. The first-order valence-corrected chi connectivity index (χ1v) is 8.42. The molecule has 118 valence electrons. The van der Waals surface area contributed by atoms with Crippen LogP contribution >= 0.6 is 0 Å². The van der Waals surface area contributed by atoms with Gasteiger partial charge in [-0.2, -0.15) is 0 Å². The van der Waals surface area contributed by atoms with Gasteiger partial charge in [-0.05, 0) is 27.1 Å². The van der Waals surface area contributed by atoms with E-state index < -0.39 is 0 Å². The molecule has 0 aliphatic heterocycles. The Morgan fingerprint density at radius 3 is 1.16 bits per heavy atom. The number of unbranched alkanes of at least 4 members (excludes halogenated alkanes) is 12. The van der Waals surface area contributed by atoms with E-state index in [1.165, 1.54) is 90.0 Å². The fourth-order valence-electron chi connectivity index (χ4n) is 2.45. The van der Waals surface area contributed by atoms with Crippen LogP contribution in [-0.2, 0) is 0 Å². The summed E-state index contributed by atoms with van der Waals surface area (Å²) in [5.41, 5.74) is 0. The predicted octanol–water partition coefficient (Wildman–Crippen LogP) is 4.81. The highest BCUT2D eigenvalue weighted by Crippen LogP contribution is 2.12. The van der Waals surface area contributed by atoms with Crippen molar-refractivity contribution >= 4 is 0 Å². The van der Waals surface area contributed by atoms with Crippen LogP contribution in [0.15, 0.2) is 0 Å². The van der Waals surface area contributed by atoms with Gasteiger partial charge < -0.3 is 10.4 Å². The van der Waals surface area contributed by atoms with E-state index in [-0.39, 0.29) is 5.48 Å². The molecule has 2 heteroatoms. The van der Waals surface area contributed by atoms with Gasteiger partial charge in [0.1, 0.15) is 0 Å². The monoisotopic (exact) mass is 273 g/mol. The fourth-order valence-corrected chi connectivity index (χ4v) is 2.45. The van der Waals surface area contributed by atoms with E-state index in [2.05, 4.69) is 25.9 Å². The minimum atomic E-state index is 0. The second-order valence-corrected chi connectivity index (χ2v) is 6.05. The summed E-state index contributed by atoms with van der Waals surface area (Å²) in [4.78, 5) is 2.29. The molecule has 0 rings (SSSR count). The van der Waals surface area contributed by atoms with Crippen molar-refractivity contribution in [3.8, 4) is 0 Å². The van der Waals surface area contributed by atoms with E-state index in [0.717, 1.165) is 0 Å². The molecule has 0 spiro atoms. The zero-order chi connectivity index (χ0) is 13.5. The second kappa shape index (κ2) is 17.9. The zero-order valence-electron chi connectivity index (χ0n) is 13.8. The summed E-state index contributed by atoms with van der Waals surface area (Å²) >= 11 is 0. The van der Waals surface area contributed by atoms with Gasteiger partial charge in [0.15, 0.2) is 0 Å². The molecule has 0 bridgehead atoms. The molecule has 0 aromatic heterocycles. The second-order valence-electron chi connectivity index (χ2n) is 6.05. The topological polar surface area (TPSA) is 34.7 Å². The average Bonchev–Trinajstić information content (AvgIpc) is 2.34. The van der Waals surface area contributed by atoms with Crippen molar-refractivity contribution in [3.63, 3.8) is 0 Å². The third kappa shape index (κ3) is 20.4. The molecule has 0 fully saturated rings. The van der Waals surface area contributed by atoms with E-state index >= 15 is 0 Å². The Hall–Kier alpha value is -0.0800. The number of nitrogens with zero attached hydrogens (tertiary/aromatic N) is 1. The normalized spacial score (nSPS) is 10.7. The summed E-state index contributed by atoms with van der Waals surface area (Å²) < 4.78 is 0. The lowest BCUT2D eigenvalue weighted by Gasteiger charge is -2.08. The van der Waals surface area contributed by atoms with E-state index in [1.807, 2.05) is 0 Å². The highest BCUT2D eigenvalue weighted by atomic mass is 16.0. The molecule has 0 aliphatic carbocycles. The molecule has 0 amide bonds. The van der Waals surface area contributed by atoms with Gasteiger partial charge in [0, 0.05) is 0 Å². The van der Waals surface area contributed by atoms with E-state index in [9.17, 15) is 0 Å². The van der Waals surface area contributed by atoms with Crippen LogP contribution in [0, 0.1) is 0 Å². The van der Waals surface area contributed by atoms with Crippen molar-refractivity contribution in [3.05, 3.63) is 0 Å². The van der Waals surface area contributed by atoms with Gasteiger partial charge in [-0.1, -0.05) is 84.0 Å². The first kappa shape index (κ1) is 21.2. The van der Waals surface area contributed by atoms with Crippen LogP contribution in [0.1, 0.15) is 90.4 Å². The molecule has 19 heavy (non-hydrogen) atoms. The van der Waals surface area contributed by atoms with Crippen molar-refractivity contribution in [1.29, 1.82) is 0 Å². The van der Waals surface area contributed by atoms with Crippen LogP contribution in [0.25, 0.3) is 0 Å².